The van der Waals surface area contributed by atoms with Gasteiger partial charge in [0.05, 0.1) is 6.10 Å². The number of halogens is 1. The molecule has 0 fully saturated rings. The van der Waals surface area contributed by atoms with Gasteiger partial charge in [0.25, 0.3) is 0 Å². The summed E-state index contributed by atoms with van der Waals surface area (Å²) in [5.74, 6) is 0.357. The molecule has 1 atom stereocenters. The summed E-state index contributed by atoms with van der Waals surface area (Å²) >= 11 is 1.61. The zero-order valence-corrected chi connectivity index (χ0v) is 10.7. The summed E-state index contributed by atoms with van der Waals surface area (Å²) in [4.78, 5) is 1.13. The van der Waals surface area contributed by atoms with Crippen LogP contribution in [0.4, 0.5) is 4.39 Å². The number of aliphatic hydroxyl groups excluding tert-OH is 1. The molecule has 0 amide bonds. The number of rotatable bonds is 5. The molecule has 2 aromatic carbocycles. The topological polar surface area (TPSA) is 20.2 Å². The Balaban J connectivity index is 1.84. The molecule has 0 aromatic heterocycles. The zero-order chi connectivity index (χ0) is 12.8. The van der Waals surface area contributed by atoms with Gasteiger partial charge in [-0.25, -0.2) is 4.39 Å². The van der Waals surface area contributed by atoms with Crippen molar-refractivity contribution >= 4 is 11.8 Å². The number of benzene rings is 2. The molecule has 18 heavy (non-hydrogen) atoms. The molecule has 2 aromatic rings. The Hall–Kier alpha value is -1.32. The van der Waals surface area contributed by atoms with Gasteiger partial charge in [-0.05, 0) is 36.2 Å². The van der Waals surface area contributed by atoms with Crippen molar-refractivity contribution in [3.8, 4) is 0 Å². The van der Waals surface area contributed by atoms with Crippen LogP contribution in [0, 0.1) is 5.82 Å². The molecule has 0 spiro atoms. The van der Waals surface area contributed by atoms with E-state index in [1.807, 2.05) is 36.4 Å². The molecule has 0 saturated heterocycles. The summed E-state index contributed by atoms with van der Waals surface area (Å²) in [6, 6.07) is 16.3. The molecule has 0 saturated carbocycles. The summed E-state index contributed by atoms with van der Waals surface area (Å²) in [7, 11) is 0. The molecule has 94 valence electrons. The number of hydrogen-bond donors (Lipinski definition) is 1. The average Bonchev–Trinajstić information content (AvgIpc) is 2.38. The molecule has 1 N–H and O–H groups in total. The lowest BCUT2D eigenvalue weighted by molar-refractivity contribution is 0.200. The fraction of sp³-hybridized carbons (Fsp3) is 0.200. The maximum Gasteiger partial charge on any atom is 0.123 e. The molecule has 1 unspecified atom stereocenters. The summed E-state index contributed by atoms with van der Waals surface area (Å²) in [6.45, 7) is 0. The number of hydrogen-bond acceptors (Lipinski definition) is 2. The fourth-order valence-corrected chi connectivity index (χ4v) is 2.56. The highest BCUT2D eigenvalue weighted by Crippen LogP contribution is 2.19. The van der Waals surface area contributed by atoms with Crippen molar-refractivity contribution in [2.75, 3.05) is 5.75 Å². The lowest BCUT2D eigenvalue weighted by Crippen LogP contribution is -2.13. The summed E-state index contributed by atoms with van der Waals surface area (Å²) in [5, 5.41) is 9.91. The van der Waals surface area contributed by atoms with E-state index in [0.717, 1.165) is 10.5 Å². The maximum absolute atomic E-state index is 13.0. The molecule has 0 heterocycles. The first-order chi connectivity index (χ1) is 8.74. The predicted octanol–water partition coefficient (Wildman–Crippen LogP) is 3.52. The van der Waals surface area contributed by atoms with Crippen molar-refractivity contribution in [3.05, 3.63) is 66.0 Å². The highest BCUT2D eigenvalue weighted by Gasteiger charge is 2.07. The van der Waals surface area contributed by atoms with E-state index in [-0.39, 0.29) is 5.82 Å². The quantitative estimate of drug-likeness (QED) is 0.832. The Morgan fingerprint density at radius 3 is 2.56 bits per heavy atom. The Kier molecular flexibility index (Phi) is 4.79. The van der Waals surface area contributed by atoms with Crippen LogP contribution in [0.15, 0.2) is 59.5 Å². The van der Waals surface area contributed by atoms with Crippen LogP contribution >= 0.6 is 11.8 Å². The van der Waals surface area contributed by atoms with Gasteiger partial charge in [0.15, 0.2) is 0 Å². The molecule has 0 aliphatic heterocycles. The van der Waals surface area contributed by atoms with Gasteiger partial charge < -0.3 is 5.11 Å². The Labute approximate surface area is 111 Å². The van der Waals surface area contributed by atoms with Crippen LogP contribution in [0.5, 0.6) is 0 Å². The minimum atomic E-state index is -0.461. The molecule has 0 bridgehead atoms. The van der Waals surface area contributed by atoms with Gasteiger partial charge in [-0.2, -0.15) is 0 Å². The van der Waals surface area contributed by atoms with Crippen LogP contribution in [-0.2, 0) is 6.42 Å². The lowest BCUT2D eigenvalue weighted by atomic mass is 10.1. The van der Waals surface area contributed by atoms with E-state index < -0.39 is 6.10 Å². The van der Waals surface area contributed by atoms with Gasteiger partial charge in [0, 0.05) is 10.6 Å². The SMILES string of the molecule is OC(CSc1ccccc1)Cc1cccc(F)c1. The van der Waals surface area contributed by atoms with Crippen LogP contribution in [-0.4, -0.2) is 17.0 Å². The van der Waals surface area contributed by atoms with Crippen molar-refractivity contribution in [1.29, 1.82) is 0 Å². The van der Waals surface area contributed by atoms with Gasteiger partial charge >= 0.3 is 0 Å². The van der Waals surface area contributed by atoms with Crippen LogP contribution in [0.25, 0.3) is 0 Å². The first-order valence-corrected chi connectivity index (χ1v) is 6.83. The van der Waals surface area contributed by atoms with E-state index in [0.29, 0.717) is 12.2 Å². The molecule has 0 radical (unpaired) electrons. The summed E-state index contributed by atoms with van der Waals surface area (Å²) < 4.78 is 13.0. The van der Waals surface area contributed by atoms with Crippen molar-refractivity contribution in [2.45, 2.75) is 17.4 Å². The molecular weight excluding hydrogens is 247 g/mol. The second-order valence-electron chi connectivity index (χ2n) is 4.11. The second-order valence-corrected chi connectivity index (χ2v) is 5.21. The van der Waals surface area contributed by atoms with E-state index in [9.17, 15) is 9.50 Å². The summed E-state index contributed by atoms with van der Waals surface area (Å²) in [6.07, 6.45) is 0.0226. The van der Waals surface area contributed by atoms with Gasteiger partial charge in [-0.15, -0.1) is 11.8 Å². The minimum absolute atomic E-state index is 0.254. The largest absolute Gasteiger partial charge is 0.392 e. The van der Waals surface area contributed by atoms with Crippen LogP contribution < -0.4 is 0 Å². The average molecular weight is 262 g/mol. The molecule has 3 heteroatoms. The maximum atomic E-state index is 13.0. The van der Waals surface area contributed by atoms with Gasteiger partial charge in [0.2, 0.25) is 0 Å². The van der Waals surface area contributed by atoms with Gasteiger partial charge in [-0.1, -0.05) is 30.3 Å². The zero-order valence-electron chi connectivity index (χ0n) is 9.92. The first kappa shape index (κ1) is 13.1. The predicted molar refractivity (Wildman–Crippen MR) is 73.3 cm³/mol. The van der Waals surface area contributed by atoms with Crippen LogP contribution in [0.3, 0.4) is 0 Å². The van der Waals surface area contributed by atoms with Crippen LogP contribution in [0.2, 0.25) is 0 Å². The Morgan fingerprint density at radius 1 is 1.06 bits per heavy atom. The Morgan fingerprint density at radius 2 is 1.83 bits per heavy atom. The molecule has 0 aliphatic rings. The summed E-state index contributed by atoms with van der Waals surface area (Å²) in [5.41, 5.74) is 0.830. The lowest BCUT2D eigenvalue weighted by Gasteiger charge is -2.10. The third-order valence-corrected chi connectivity index (χ3v) is 3.70. The third-order valence-electron chi connectivity index (χ3n) is 2.55. The van der Waals surface area contributed by atoms with Crippen LogP contribution in [0.1, 0.15) is 5.56 Å². The van der Waals surface area contributed by atoms with Crippen molar-refractivity contribution in [1.82, 2.24) is 0 Å². The van der Waals surface area contributed by atoms with Crippen molar-refractivity contribution < 1.29 is 9.50 Å². The van der Waals surface area contributed by atoms with Crippen molar-refractivity contribution in [3.63, 3.8) is 0 Å². The van der Waals surface area contributed by atoms with E-state index in [1.54, 1.807) is 17.8 Å². The molecule has 2 rings (SSSR count). The van der Waals surface area contributed by atoms with Gasteiger partial charge in [-0.3, -0.25) is 0 Å². The monoisotopic (exact) mass is 262 g/mol. The highest BCUT2D eigenvalue weighted by molar-refractivity contribution is 7.99. The normalized spacial score (nSPS) is 12.3. The van der Waals surface area contributed by atoms with E-state index in [1.165, 1.54) is 12.1 Å². The van der Waals surface area contributed by atoms with E-state index in [4.69, 9.17) is 0 Å². The second kappa shape index (κ2) is 6.57. The molecule has 1 nitrogen and oxygen atoms in total. The molecule has 0 aliphatic carbocycles. The highest BCUT2D eigenvalue weighted by atomic mass is 32.2. The van der Waals surface area contributed by atoms with E-state index >= 15 is 0 Å². The smallest absolute Gasteiger partial charge is 0.123 e. The minimum Gasteiger partial charge on any atom is -0.392 e. The molecular formula is C15H15FOS. The van der Waals surface area contributed by atoms with Crippen molar-refractivity contribution in [2.24, 2.45) is 0 Å². The third kappa shape index (κ3) is 4.17. The Bertz CT molecular complexity index is 487. The fourth-order valence-electron chi connectivity index (χ4n) is 1.70. The van der Waals surface area contributed by atoms with Gasteiger partial charge in [0.1, 0.15) is 5.82 Å². The number of aliphatic hydroxyl groups is 1. The first-order valence-electron chi connectivity index (χ1n) is 5.84. The van der Waals surface area contributed by atoms with E-state index in [2.05, 4.69) is 0 Å². The standard InChI is InChI=1S/C15H15FOS/c16-13-6-4-5-12(9-13)10-14(17)11-18-15-7-2-1-3-8-15/h1-9,14,17H,10-11H2. The number of thioether (sulfide) groups is 1.